The number of pyridine rings is 2. The third kappa shape index (κ3) is 14.1. The van der Waals surface area contributed by atoms with Crippen LogP contribution in [0.25, 0.3) is 0 Å². The van der Waals surface area contributed by atoms with Gasteiger partial charge in [-0.1, -0.05) is 7.43 Å². The Morgan fingerprint density at radius 2 is 1.20 bits per heavy atom. The summed E-state index contributed by atoms with van der Waals surface area (Å²) in [4.78, 5) is 36.8. The van der Waals surface area contributed by atoms with Crippen molar-refractivity contribution in [2.45, 2.75) is 89.1 Å². The van der Waals surface area contributed by atoms with Gasteiger partial charge in [-0.3, -0.25) is 15.0 Å². The van der Waals surface area contributed by atoms with Crippen molar-refractivity contribution in [1.82, 2.24) is 9.97 Å². The number of primary sulfonamides is 1. The van der Waals surface area contributed by atoms with E-state index in [-0.39, 0.29) is 78.4 Å². The second kappa shape index (κ2) is 22.5. The number of esters is 2. The van der Waals surface area contributed by atoms with E-state index >= 15 is 0 Å². The average molecular weight is 938 g/mol. The largest absolute Gasteiger partial charge is 0.460 e. The number of piperazine rings is 1. The van der Waals surface area contributed by atoms with E-state index in [0.29, 0.717) is 63.9 Å². The van der Waals surface area contributed by atoms with Gasteiger partial charge in [0.15, 0.2) is 33.1 Å². The lowest BCUT2D eigenvalue weighted by molar-refractivity contribution is -0.144. The second-order valence-corrected chi connectivity index (χ2v) is 19.9. The predicted octanol–water partition coefficient (Wildman–Crippen LogP) is 4.85. The number of piperidine rings is 1. The lowest BCUT2D eigenvalue weighted by Gasteiger charge is -2.39. The number of nitrogens with two attached hydrogens (primary N) is 2. The quantitative estimate of drug-likeness (QED) is 0.0958. The van der Waals surface area contributed by atoms with Crippen LogP contribution >= 0.6 is 0 Å². The van der Waals surface area contributed by atoms with Gasteiger partial charge in [0.25, 0.3) is 0 Å². The van der Waals surface area contributed by atoms with E-state index in [2.05, 4.69) is 9.97 Å². The van der Waals surface area contributed by atoms with Crippen LogP contribution in [0.15, 0.2) is 47.6 Å². The number of rotatable bonds is 14. The lowest BCUT2D eigenvalue weighted by Crippen LogP contribution is -2.47. The predicted molar refractivity (Wildman–Crippen MR) is 237 cm³/mol. The zero-order valence-electron chi connectivity index (χ0n) is 35.2. The Kier molecular flexibility index (Phi) is 18.0. The van der Waals surface area contributed by atoms with Gasteiger partial charge < -0.3 is 35.3 Å². The van der Waals surface area contributed by atoms with Crippen molar-refractivity contribution in [2.24, 2.45) is 22.7 Å². The van der Waals surface area contributed by atoms with Crippen molar-refractivity contribution >= 4 is 60.7 Å². The molecule has 6 N–H and O–H groups in total. The number of ether oxygens (including phenoxy) is 2. The van der Waals surface area contributed by atoms with Crippen molar-refractivity contribution in [1.29, 1.82) is 10.8 Å². The summed E-state index contributed by atoms with van der Waals surface area (Å²) in [5.41, 5.74) is 6.01. The summed E-state index contributed by atoms with van der Waals surface area (Å²) in [6.07, 6.45) is 8.20. The van der Waals surface area contributed by atoms with Crippen LogP contribution in [0.5, 0.6) is 0 Å². The number of carbonyl (C=O) groups is 2. The van der Waals surface area contributed by atoms with Gasteiger partial charge in [-0.05, 0) is 87.6 Å². The van der Waals surface area contributed by atoms with Crippen molar-refractivity contribution in [2.75, 3.05) is 60.2 Å². The van der Waals surface area contributed by atoms with Crippen LogP contribution in [-0.2, 0) is 52.1 Å². The molecule has 352 valence electrons. The van der Waals surface area contributed by atoms with Gasteiger partial charge in [-0.15, -0.1) is 0 Å². The van der Waals surface area contributed by atoms with Crippen LogP contribution in [0, 0.1) is 40.1 Å². The van der Waals surface area contributed by atoms with E-state index in [9.17, 15) is 39.6 Å². The Morgan fingerprint density at radius 3 is 1.66 bits per heavy atom. The molecule has 2 aliphatic heterocycles. The van der Waals surface area contributed by atoms with Gasteiger partial charge in [0.1, 0.15) is 31.3 Å². The van der Waals surface area contributed by atoms with E-state index in [1.54, 1.807) is 9.80 Å². The van der Waals surface area contributed by atoms with E-state index < -0.39 is 54.5 Å². The number of aromatic nitrogens is 2. The Hall–Kier alpha value is -5.35. The third-order valence-corrected chi connectivity index (χ3v) is 13.9. The van der Waals surface area contributed by atoms with Gasteiger partial charge in [0, 0.05) is 74.8 Å². The number of benzene rings is 1. The summed E-state index contributed by atoms with van der Waals surface area (Å²) in [5.74, 6) is -1.99. The molecule has 3 fully saturated rings. The molecule has 4 heterocycles. The molecule has 3 aliphatic rings. The molecule has 1 aliphatic carbocycles. The molecule has 22 heteroatoms. The van der Waals surface area contributed by atoms with Crippen molar-refractivity contribution in [3.63, 3.8) is 0 Å². The highest BCUT2D eigenvalue weighted by Crippen LogP contribution is 2.38. The molecular weight excluding hydrogens is 880 g/mol. The molecule has 64 heavy (non-hydrogen) atoms. The van der Waals surface area contributed by atoms with Gasteiger partial charge >= 0.3 is 11.9 Å². The van der Waals surface area contributed by atoms with Crippen LogP contribution in [-0.4, -0.2) is 101 Å². The highest BCUT2D eigenvalue weighted by Gasteiger charge is 2.34. The van der Waals surface area contributed by atoms with Crippen LogP contribution in [0.3, 0.4) is 0 Å². The molecule has 3 aromatic rings. The van der Waals surface area contributed by atoms with Gasteiger partial charge in [-0.2, -0.15) is 0 Å². The molecule has 0 unspecified atom stereocenters. The first-order chi connectivity index (χ1) is 29.7. The number of amidine groups is 1. The minimum Gasteiger partial charge on any atom is -0.460 e. The highest BCUT2D eigenvalue weighted by atomic mass is 32.2. The molecule has 2 saturated heterocycles. The Labute approximate surface area is 372 Å². The average Bonchev–Trinajstić information content (AvgIpc) is 3.22. The minimum atomic E-state index is -3.50. The Bertz CT molecular complexity index is 2370. The molecule has 6 rings (SSSR count). The maximum absolute atomic E-state index is 14.9. The number of anilines is 3. The topological polar surface area (TPSA) is 256 Å². The molecule has 1 saturated carbocycles. The van der Waals surface area contributed by atoms with Crippen molar-refractivity contribution in [3.05, 3.63) is 71.3 Å². The molecule has 1 aromatic carbocycles. The summed E-state index contributed by atoms with van der Waals surface area (Å²) < 4.78 is 101. The highest BCUT2D eigenvalue weighted by molar-refractivity contribution is 7.90. The van der Waals surface area contributed by atoms with Crippen molar-refractivity contribution in [3.8, 4) is 0 Å². The van der Waals surface area contributed by atoms with E-state index in [0.717, 1.165) is 38.0 Å². The summed E-state index contributed by atoms with van der Waals surface area (Å²) in [6, 6.07) is 6.70. The van der Waals surface area contributed by atoms with Crippen LogP contribution in [0.2, 0.25) is 0 Å². The van der Waals surface area contributed by atoms with Gasteiger partial charge in [-0.25, -0.2) is 45.1 Å². The van der Waals surface area contributed by atoms with Gasteiger partial charge in [0.2, 0.25) is 10.0 Å². The fraction of sp³-hybridized carbons (Fsp3) is 0.524. The van der Waals surface area contributed by atoms with Crippen LogP contribution < -0.4 is 25.6 Å². The van der Waals surface area contributed by atoms with E-state index in [4.69, 9.17) is 31.2 Å². The number of carbonyl (C=O) groups excluding carboxylic acids is 2. The fourth-order valence-corrected chi connectivity index (χ4v) is 9.56. The monoisotopic (exact) mass is 937 g/mol. The molecule has 0 spiro atoms. The number of nitrogens with zero attached hydrogens (tertiary/aromatic N) is 5. The lowest BCUT2D eigenvalue weighted by atomic mass is 9.75. The number of hydrogen-bond acceptors (Lipinski definition) is 15. The van der Waals surface area contributed by atoms with E-state index in [1.165, 1.54) is 43.6 Å². The molecule has 0 radical (unpaired) electrons. The smallest absolute Gasteiger partial charge is 0.313 e. The van der Waals surface area contributed by atoms with Crippen LogP contribution in [0.1, 0.15) is 76.8 Å². The summed E-state index contributed by atoms with van der Waals surface area (Å²) in [5, 5.41) is 19.3. The molecule has 0 bridgehead atoms. The maximum Gasteiger partial charge on any atom is 0.313 e. The Balaban J connectivity index is 0.000000276. The first kappa shape index (κ1) is 51.3. The molecule has 0 atom stereocenters. The molecule has 0 amide bonds. The molecular formula is C42H58F3N9O8S2. The maximum atomic E-state index is 14.9. The SMILES string of the molecule is C.CC(=N)CC(=O)OCc1ccnc(N2CCN(c3ccc(S(C)(=O)=O)cc3F)CC2)c1F.N=C(N)CC(=O)OCc1ccnc(N2CCC(C3CCC(S(N)(=O)=O)CC3)CC2)c1F. The number of sulfone groups is 1. The number of hydrogen-bond donors (Lipinski definition) is 4. The number of nitrogens with one attached hydrogen (secondary N) is 2. The first-order valence-corrected chi connectivity index (χ1v) is 23.9. The number of halogens is 3. The molecule has 2 aromatic heterocycles. The number of sulfonamides is 1. The summed E-state index contributed by atoms with van der Waals surface area (Å²) in [7, 11) is -6.96. The standard InChI is InChI=1S/C21H24F2N4O4S.C20H30FN5O4S.CH4/c1-14(24)11-19(28)31-13-15-5-6-25-21(20(15)23)27-9-7-26(8-10-27)18-4-3-16(12-17(18)22)32(2,29)30;21-19-15(12-30-18(27)11-17(22)23)5-8-25-20(19)26-9-6-14(7-10-26)13-1-3-16(4-2-13)31(24,28)29;/h3-6,12,24H,7-11,13H2,1-2H3;5,8,13-14,16H,1-4,6-7,9-12H2,(H3,22,23)(H2,24,28,29);1H4. The Morgan fingerprint density at radius 1 is 0.734 bits per heavy atom. The first-order valence-electron chi connectivity index (χ1n) is 20.4. The fourth-order valence-electron chi connectivity index (χ4n) is 8.00. The molecule has 17 nitrogen and oxygen atoms in total. The van der Waals surface area contributed by atoms with Crippen molar-refractivity contribution < 1.29 is 49.1 Å². The van der Waals surface area contributed by atoms with Crippen LogP contribution in [0.4, 0.5) is 30.5 Å². The summed E-state index contributed by atoms with van der Waals surface area (Å²) >= 11 is 0. The zero-order valence-corrected chi connectivity index (χ0v) is 36.8. The normalized spacial score (nSPS) is 18.2. The zero-order chi connectivity index (χ0) is 46.1. The van der Waals surface area contributed by atoms with E-state index in [1.807, 2.05) is 4.90 Å². The summed E-state index contributed by atoms with van der Waals surface area (Å²) in [6.45, 7) is 3.82. The third-order valence-electron chi connectivity index (χ3n) is 11.4. The van der Waals surface area contributed by atoms with Gasteiger partial charge in [0.05, 0.1) is 22.3 Å². The second-order valence-electron chi connectivity index (χ2n) is 16.0. The minimum absolute atomic E-state index is 0.